The Kier molecular flexibility index (Phi) is 4.99. The maximum absolute atomic E-state index is 12.7. The predicted octanol–water partition coefficient (Wildman–Crippen LogP) is 1.87. The number of carbonyl (C=O) groups excluding carboxylic acids is 2. The van der Waals surface area contributed by atoms with Crippen LogP contribution in [0.3, 0.4) is 0 Å². The summed E-state index contributed by atoms with van der Waals surface area (Å²) in [5, 5.41) is 0.709. The second-order valence-electron chi connectivity index (χ2n) is 5.17. The number of fused-ring (bicyclic) bond motifs is 1. The highest BCUT2D eigenvalue weighted by molar-refractivity contribution is 7.99. The summed E-state index contributed by atoms with van der Waals surface area (Å²) >= 11 is 1.11. The zero-order valence-corrected chi connectivity index (χ0v) is 14.2. The molecule has 1 aromatic carbocycles. The van der Waals surface area contributed by atoms with Crippen LogP contribution in [0.25, 0.3) is 10.9 Å². The minimum Gasteiger partial charge on any atom is -0.468 e. The van der Waals surface area contributed by atoms with Crippen molar-refractivity contribution in [2.45, 2.75) is 11.7 Å². The first-order valence-electron chi connectivity index (χ1n) is 7.46. The van der Waals surface area contributed by atoms with Crippen LogP contribution in [0.2, 0.25) is 0 Å². The first-order chi connectivity index (χ1) is 12.1. The van der Waals surface area contributed by atoms with Crippen molar-refractivity contribution >= 4 is 34.4 Å². The van der Waals surface area contributed by atoms with Crippen LogP contribution in [0.4, 0.5) is 0 Å². The number of hydrogen-bond acceptors (Lipinski definition) is 6. The number of esters is 1. The average Bonchev–Trinajstić information content (AvgIpc) is 3.17. The lowest BCUT2D eigenvalue weighted by molar-refractivity contribution is -0.141. The summed E-state index contributed by atoms with van der Waals surface area (Å²) in [6, 6.07) is 10.3. The number of Topliss-reactive ketones (excluding diaryl/α,β-unsaturated/α-hetero) is 1. The molecule has 0 saturated heterocycles. The molecular formula is C17H15N3O4S. The minimum atomic E-state index is -0.559. The van der Waals surface area contributed by atoms with Gasteiger partial charge in [-0.3, -0.25) is 19.0 Å². The van der Waals surface area contributed by atoms with E-state index in [2.05, 4.69) is 14.7 Å². The molecule has 1 N–H and O–H groups in total. The van der Waals surface area contributed by atoms with Gasteiger partial charge in [0, 0.05) is 6.20 Å². The molecule has 128 valence electrons. The minimum absolute atomic E-state index is 0.0897. The summed E-state index contributed by atoms with van der Waals surface area (Å²) in [7, 11) is 1.25. The molecule has 0 spiro atoms. The Bertz CT molecular complexity index is 979. The van der Waals surface area contributed by atoms with Crippen LogP contribution in [0.1, 0.15) is 10.5 Å². The van der Waals surface area contributed by atoms with Gasteiger partial charge in [-0.15, -0.1) is 0 Å². The summed E-state index contributed by atoms with van der Waals surface area (Å²) in [6.45, 7) is -0.258. The average molecular weight is 357 g/mol. The Labute approximate surface area is 147 Å². The van der Waals surface area contributed by atoms with Gasteiger partial charge in [0.15, 0.2) is 10.9 Å². The molecule has 3 aromatic rings. The highest BCUT2D eigenvalue weighted by Crippen LogP contribution is 2.19. The second-order valence-corrected chi connectivity index (χ2v) is 6.12. The SMILES string of the molecule is COC(=O)Cn1c(SCC(=O)c2ccc[nH]2)nc2ccccc2c1=O. The molecule has 3 rings (SSSR count). The molecule has 0 aliphatic rings. The Morgan fingerprint density at radius 3 is 2.76 bits per heavy atom. The molecule has 0 saturated carbocycles. The Hall–Kier alpha value is -2.87. The standard InChI is InChI=1S/C17H15N3O4S/c1-24-15(22)9-20-16(23)11-5-2-3-6-12(11)19-17(20)25-10-14(21)13-7-4-8-18-13/h2-8,18H,9-10H2,1H3. The fourth-order valence-electron chi connectivity index (χ4n) is 2.30. The van der Waals surface area contributed by atoms with Gasteiger partial charge in [-0.2, -0.15) is 0 Å². The van der Waals surface area contributed by atoms with Crippen LogP contribution in [0.5, 0.6) is 0 Å². The first kappa shape index (κ1) is 17.0. The zero-order valence-electron chi connectivity index (χ0n) is 13.4. The number of methoxy groups -OCH3 is 1. The number of hydrogen-bond donors (Lipinski definition) is 1. The molecular weight excluding hydrogens is 342 g/mol. The number of aromatic nitrogens is 3. The molecule has 25 heavy (non-hydrogen) atoms. The van der Waals surface area contributed by atoms with Crippen LogP contribution in [-0.2, 0) is 16.1 Å². The molecule has 0 unspecified atom stereocenters. The molecule has 0 radical (unpaired) electrons. The molecule has 0 atom stereocenters. The number of ether oxygens (including phenoxy) is 1. The van der Waals surface area contributed by atoms with Crippen molar-refractivity contribution in [3.05, 3.63) is 58.6 Å². The third-order valence-corrected chi connectivity index (χ3v) is 4.55. The van der Waals surface area contributed by atoms with Gasteiger partial charge < -0.3 is 9.72 Å². The predicted molar refractivity (Wildman–Crippen MR) is 93.9 cm³/mol. The van der Waals surface area contributed by atoms with Crippen LogP contribution in [0.15, 0.2) is 52.5 Å². The number of ketones is 1. The number of nitrogens with one attached hydrogen (secondary N) is 1. The van der Waals surface area contributed by atoms with E-state index in [1.807, 2.05) is 0 Å². The van der Waals surface area contributed by atoms with E-state index in [1.54, 1.807) is 42.6 Å². The largest absolute Gasteiger partial charge is 0.468 e. The van der Waals surface area contributed by atoms with Crippen molar-refractivity contribution in [3.8, 4) is 0 Å². The summed E-state index contributed by atoms with van der Waals surface area (Å²) < 4.78 is 5.89. The molecule has 2 aromatic heterocycles. The van der Waals surface area contributed by atoms with Gasteiger partial charge in [0.2, 0.25) is 0 Å². The van der Waals surface area contributed by atoms with Crippen molar-refractivity contribution in [2.24, 2.45) is 0 Å². The topological polar surface area (TPSA) is 94.1 Å². The molecule has 2 heterocycles. The number of aromatic amines is 1. The fraction of sp³-hybridized carbons (Fsp3) is 0.176. The van der Waals surface area contributed by atoms with E-state index < -0.39 is 5.97 Å². The number of nitrogens with zero attached hydrogens (tertiary/aromatic N) is 2. The van der Waals surface area contributed by atoms with Crippen molar-refractivity contribution in [1.29, 1.82) is 0 Å². The van der Waals surface area contributed by atoms with Crippen LogP contribution >= 0.6 is 11.8 Å². The van der Waals surface area contributed by atoms with Crippen LogP contribution < -0.4 is 5.56 Å². The van der Waals surface area contributed by atoms with Crippen molar-refractivity contribution < 1.29 is 14.3 Å². The molecule has 8 heteroatoms. The van der Waals surface area contributed by atoms with E-state index in [-0.39, 0.29) is 23.6 Å². The van der Waals surface area contributed by atoms with Gasteiger partial charge in [0.1, 0.15) is 6.54 Å². The lowest BCUT2D eigenvalue weighted by atomic mass is 10.2. The highest BCUT2D eigenvalue weighted by Gasteiger charge is 2.16. The summed E-state index contributed by atoms with van der Waals surface area (Å²) in [4.78, 5) is 43.8. The van der Waals surface area contributed by atoms with E-state index in [0.29, 0.717) is 21.8 Å². The van der Waals surface area contributed by atoms with Gasteiger partial charge in [0.05, 0.1) is 29.5 Å². The van der Waals surface area contributed by atoms with Crippen molar-refractivity contribution in [3.63, 3.8) is 0 Å². The maximum Gasteiger partial charge on any atom is 0.325 e. The fourth-order valence-corrected chi connectivity index (χ4v) is 3.18. The summed E-state index contributed by atoms with van der Waals surface area (Å²) in [5.74, 6) is -0.592. The smallest absolute Gasteiger partial charge is 0.325 e. The highest BCUT2D eigenvalue weighted by atomic mass is 32.2. The normalized spacial score (nSPS) is 10.8. The van der Waals surface area contributed by atoms with E-state index >= 15 is 0 Å². The van der Waals surface area contributed by atoms with E-state index in [0.717, 1.165) is 11.8 Å². The van der Waals surface area contributed by atoms with Gasteiger partial charge in [-0.05, 0) is 24.3 Å². The number of thioether (sulfide) groups is 1. The van der Waals surface area contributed by atoms with Crippen LogP contribution in [0, 0.1) is 0 Å². The number of rotatable bonds is 6. The maximum atomic E-state index is 12.7. The Balaban J connectivity index is 1.96. The summed E-state index contributed by atoms with van der Waals surface area (Å²) in [5.41, 5.74) is 0.657. The molecule has 0 amide bonds. The van der Waals surface area contributed by atoms with E-state index in [9.17, 15) is 14.4 Å². The Morgan fingerprint density at radius 2 is 2.04 bits per heavy atom. The van der Waals surface area contributed by atoms with Gasteiger partial charge >= 0.3 is 5.97 Å². The first-order valence-corrected chi connectivity index (χ1v) is 8.44. The third kappa shape index (κ3) is 3.63. The number of H-pyrrole nitrogens is 1. The summed E-state index contributed by atoms with van der Waals surface area (Å²) in [6.07, 6.45) is 1.67. The van der Waals surface area contributed by atoms with Gasteiger partial charge in [0.25, 0.3) is 5.56 Å². The molecule has 0 bridgehead atoms. The Morgan fingerprint density at radius 1 is 1.24 bits per heavy atom. The van der Waals surface area contributed by atoms with Gasteiger partial charge in [-0.1, -0.05) is 23.9 Å². The van der Waals surface area contributed by atoms with Crippen LogP contribution in [-0.4, -0.2) is 39.2 Å². The lowest BCUT2D eigenvalue weighted by Crippen LogP contribution is -2.27. The van der Waals surface area contributed by atoms with Crippen molar-refractivity contribution in [2.75, 3.05) is 12.9 Å². The number of para-hydroxylation sites is 1. The second kappa shape index (κ2) is 7.35. The monoisotopic (exact) mass is 357 g/mol. The third-order valence-electron chi connectivity index (χ3n) is 3.57. The quantitative estimate of drug-likeness (QED) is 0.313. The number of carbonyl (C=O) groups is 2. The van der Waals surface area contributed by atoms with E-state index in [1.165, 1.54) is 11.7 Å². The number of benzene rings is 1. The van der Waals surface area contributed by atoms with E-state index in [4.69, 9.17) is 0 Å². The van der Waals surface area contributed by atoms with Crippen molar-refractivity contribution in [1.82, 2.24) is 14.5 Å². The molecule has 7 nitrogen and oxygen atoms in total. The zero-order chi connectivity index (χ0) is 17.8. The van der Waals surface area contributed by atoms with Gasteiger partial charge in [-0.25, -0.2) is 4.98 Å². The lowest BCUT2D eigenvalue weighted by Gasteiger charge is -2.11. The molecule has 0 aliphatic carbocycles. The molecule has 0 aliphatic heterocycles. The molecule has 0 fully saturated rings.